The third-order valence-corrected chi connectivity index (χ3v) is 2.67. The summed E-state index contributed by atoms with van der Waals surface area (Å²) in [7, 11) is 0. The van der Waals surface area contributed by atoms with Gasteiger partial charge in [0.05, 0.1) is 24.6 Å². The van der Waals surface area contributed by atoms with Crippen LogP contribution in [0.25, 0.3) is 0 Å². The Morgan fingerprint density at radius 1 is 1.53 bits per heavy atom. The van der Waals surface area contributed by atoms with Gasteiger partial charge in [-0.1, -0.05) is 0 Å². The Bertz CT molecular complexity index is 356. The molecule has 3 nitrogen and oxygen atoms in total. The molecule has 0 radical (unpaired) electrons. The summed E-state index contributed by atoms with van der Waals surface area (Å²) < 4.78 is 18.2. The summed E-state index contributed by atoms with van der Waals surface area (Å²) in [6.07, 6.45) is 0. The van der Waals surface area contributed by atoms with Crippen LogP contribution in [0.2, 0.25) is 0 Å². The molecule has 1 aromatic carbocycles. The number of halogens is 1. The number of hydrogen-bond acceptors (Lipinski definition) is 3. The Hall–Kier alpha value is -1.29. The van der Waals surface area contributed by atoms with Gasteiger partial charge in [-0.05, 0) is 25.1 Å². The highest BCUT2D eigenvalue weighted by atomic mass is 19.1. The lowest BCUT2D eigenvalue weighted by molar-refractivity contribution is 0.0990. The van der Waals surface area contributed by atoms with Crippen molar-refractivity contribution in [1.29, 1.82) is 0 Å². The summed E-state index contributed by atoms with van der Waals surface area (Å²) in [5, 5.41) is 0. The predicted octanol–water partition coefficient (Wildman–Crippen LogP) is 1.63. The molecule has 82 valence electrons. The molecule has 0 amide bonds. The Morgan fingerprint density at radius 3 is 3.00 bits per heavy atom. The van der Waals surface area contributed by atoms with Gasteiger partial charge < -0.3 is 15.4 Å². The second kappa shape index (κ2) is 4.06. The first kappa shape index (κ1) is 10.2. The van der Waals surface area contributed by atoms with E-state index >= 15 is 0 Å². The molecule has 0 saturated carbocycles. The summed E-state index contributed by atoms with van der Waals surface area (Å²) in [4.78, 5) is 2.15. The van der Waals surface area contributed by atoms with Crippen LogP contribution in [0.1, 0.15) is 6.92 Å². The maximum Gasteiger partial charge on any atom is 0.125 e. The standard InChI is InChI=1S/C11H15FN2O/c1-8-7-15-5-4-14(8)11-3-2-9(12)6-10(11)13/h2-3,6,8H,4-5,7,13H2,1H3. The molecular formula is C11H15FN2O. The Balaban J connectivity index is 2.27. The van der Waals surface area contributed by atoms with Gasteiger partial charge in [-0.25, -0.2) is 4.39 Å². The Kier molecular flexibility index (Phi) is 2.77. The van der Waals surface area contributed by atoms with E-state index in [1.54, 1.807) is 6.07 Å². The van der Waals surface area contributed by atoms with E-state index in [9.17, 15) is 4.39 Å². The summed E-state index contributed by atoms with van der Waals surface area (Å²) in [5.41, 5.74) is 7.18. The molecule has 1 saturated heterocycles. The quantitative estimate of drug-likeness (QED) is 0.716. The minimum absolute atomic E-state index is 0.284. The van der Waals surface area contributed by atoms with E-state index in [0.717, 1.165) is 12.2 Å². The third kappa shape index (κ3) is 2.04. The summed E-state index contributed by atoms with van der Waals surface area (Å²) in [6, 6.07) is 4.81. The zero-order valence-electron chi connectivity index (χ0n) is 8.74. The lowest BCUT2D eigenvalue weighted by Gasteiger charge is -2.35. The highest BCUT2D eigenvalue weighted by molar-refractivity contribution is 5.68. The molecule has 0 aromatic heterocycles. The van der Waals surface area contributed by atoms with Crippen molar-refractivity contribution in [3.05, 3.63) is 24.0 Å². The first-order chi connectivity index (χ1) is 7.18. The highest BCUT2D eigenvalue weighted by Crippen LogP contribution is 2.26. The number of nitrogen functional groups attached to an aromatic ring is 1. The van der Waals surface area contributed by atoms with E-state index in [1.807, 2.05) is 0 Å². The van der Waals surface area contributed by atoms with Crippen molar-refractivity contribution in [2.45, 2.75) is 13.0 Å². The van der Waals surface area contributed by atoms with E-state index in [2.05, 4.69) is 11.8 Å². The van der Waals surface area contributed by atoms with Crippen LogP contribution in [-0.2, 0) is 4.74 Å². The molecule has 1 aliphatic heterocycles. The Morgan fingerprint density at radius 2 is 2.33 bits per heavy atom. The molecule has 1 fully saturated rings. The molecule has 4 heteroatoms. The number of benzene rings is 1. The van der Waals surface area contributed by atoms with Gasteiger partial charge >= 0.3 is 0 Å². The Labute approximate surface area is 88.6 Å². The van der Waals surface area contributed by atoms with E-state index in [4.69, 9.17) is 10.5 Å². The molecule has 0 spiro atoms. The second-order valence-corrected chi connectivity index (χ2v) is 3.82. The molecule has 1 aromatic rings. The van der Waals surface area contributed by atoms with Crippen molar-refractivity contribution in [1.82, 2.24) is 0 Å². The zero-order chi connectivity index (χ0) is 10.8. The van der Waals surface area contributed by atoms with Crippen LogP contribution >= 0.6 is 0 Å². The minimum atomic E-state index is -0.294. The largest absolute Gasteiger partial charge is 0.397 e. The van der Waals surface area contributed by atoms with Crippen molar-refractivity contribution in [3.8, 4) is 0 Å². The van der Waals surface area contributed by atoms with Crippen LogP contribution in [0.3, 0.4) is 0 Å². The van der Waals surface area contributed by atoms with Crippen molar-refractivity contribution in [3.63, 3.8) is 0 Å². The van der Waals surface area contributed by atoms with Crippen molar-refractivity contribution >= 4 is 11.4 Å². The van der Waals surface area contributed by atoms with Crippen LogP contribution in [0, 0.1) is 5.82 Å². The second-order valence-electron chi connectivity index (χ2n) is 3.82. The van der Waals surface area contributed by atoms with Crippen LogP contribution < -0.4 is 10.6 Å². The highest BCUT2D eigenvalue weighted by Gasteiger charge is 2.20. The molecule has 2 N–H and O–H groups in total. The normalized spacial score (nSPS) is 21.7. The fourth-order valence-electron chi connectivity index (χ4n) is 1.87. The zero-order valence-corrected chi connectivity index (χ0v) is 8.74. The van der Waals surface area contributed by atoms with Crippen LogP contribution in [0.5, 0.6) is 0 Å². The summed E-state index contributed by atoms with van der Waals surface area (Å²) in [6.45, 7) is 4.26. The SMILES string of the molecule is CC1COCCN1c1ccc(F)cc1N. The number of nitrogens with two attached hydrogens (primary N) is 1. The van der Waals surface area contributed by atoms with Crippen LogP contribution in [-0.4, -0.2) is 25.8 Å². The molecule has 1 unspecified atom stereocenters. The van der Waals surface area contributed by atoms with E-state index in [0.29, 0.717) is 18.9 Å². The van der Waals surface area contributed by atoms with Crippen molar-refractivity contribution < 1.29 is 9.13 Å². The van der Waals surface area contributed by atoms with Gasteiger partial charge in [0.1, 0.15) is 5.82 Å². The van der Waals surface area contributed by atoms with Crippen LogP contribution in [0.4, 0.5) is 15.8 Å². The van der Waals surface area contributed by atoms with E-state index < -0.39 is 0 Å². The average molecular weight is 210 g/mol. The summed E-state index contributed by atoms with van der Waals surface area (Å²) >= 11 is 0. The molecule has 1 atom stereocenters. The number of rotatable bonds is 1. The fourth-order valence-corrected chi connectivity index (χ4v) is 1.87. The van der Waals surface area contributed by atoms with Gasteiger partial charge in [0, 0.05) is 12.6 Å². The van der Waals surface area contributed by atoms with E-state index in [-0.39, 0.29) is 11.9 Å². The lowest BCUT2D eigenvalue weighted by atomic mass is 10.2. The van der Waals surface area contributed by atoms with Gasteiger partial charge in [0.15, 0.2) is 0 Å². The molecule has 1 aliphatic rings. The molecule has 1 heterocycles. The van der Waals surface area contributed by atoms with Gasteiger partial charge in [-0.15, -0.1) is 0 Å². The molecule has 2 rings (SSSR count). The van der Waals surface area contributed by atoms with Crippen molar-refractivity contribution in [2.24, 2.45) is 0 Å². The number of anilines is 2. The molecular weight excluding hydrogens is 195 g/mol. The van der Waals surface area contributed by atoms with Crippen LogP contribution in [0.15, 0.2) is 18.2 Å². The van der Waals surface area contributed by atoms with Gasteiger partial charge in [0.25, 0.3) is 0 Å². The predicted molar refractivity (Wildman–Crippen MR) is 58.4 cm³/mol. The van der Waals surface area contributed by atoms with Gasteiger partial charge in [-0.2, -0.15) is 0 Å². The topological polar surface area (TPSA) is 38.5 Å². The maximum atomic E-state index is 12.9. The van der Waals surface area contributed by atoms with Crippen molar-refractivity contribution in [2.75, 3.05) is 30.4 Å². The first-order valence-corrected chi connectivity index (χ1v) is 5.08. The smallest absolute Gasteiger partial charge is 0.125 e. The number of hydrogen-bond donors (Lipinski definition) is 1. The number of nitrogens with zero attached hydrogens (tertiary/aromatic N) is 1. The third-order valence-electron chi connectivity index (χ3n) is 2.67. The number of ether oxygens (including phenoxy) is 1. The lowest BCUT2D eigenvalue weighted by Crippen LogP contribution is -2.44. The number of morpholine rings is 1. The van der Waals surface area contributed by atoms with E-state index in [1.165, 1.54) is 12.1 Å². The first-order valence-electron chi connectivity index (χ1n) is 5.08. The monoisotopic (exact) mass is 210 g/mol. The molecule has 0 bridgehead atoms. The van der Waals surface area contributed by atoms with Gasteiger partial charge in [-0.3, -0.25) is 0 Å². The summed E-state index contributed by atoms with van der Waals surface area (Å²) in [5.74, 6) is -0.294. The fraction of sp³-hybridized carbons (Fsp3) is 0.455. The minimum Gasteiger partial charge on any atom is -0.397 e. The average Bonchev–Trinajstić information content (AvgIpc) is 2.20. The molecule has 0 aliphatic carbocycles. The van der Waals surface area contributed by atoms with Gasteiger partial charge in [0.2, 0.25) is 0 Å². The maximum absolute atomic E-state index is 12.9. The molecule has 15 heavy (non-hydrogen) atoms.